The molecule has 1 amide bonds. The molecule has 1 heterocycles. The van der Waals surface area contributed by atoms with E-state index in [2.05, 4.69) is 5.32 Å². The van der Waals surface area contributed by atoms with E-state index in [0.29, 0.717) is 23.6 Å². The lowest BCUT2D eigenvalue weighted by Gasteiger charge is -2.10. The Morgan fingerprint density at radius 3 is 2.52 bits per heavy atom. The summed E-state index contributed by atoms with van der Waals surface area (Å²) in [6.07, 6.45) is 0. The van der Waals surface area contributed by atoms with Crippen LogP contribution in [0.25, 0.3) is 11.1 Å². The van der Waals surface area contributed by atoms with Crippen molar-refractivity contribution in [3.63, 3.8) is 0 Å². The standard InChI is InChI=1S/C23H19NO5/c25-22(24-13-16-10-11-20-21(12-16)29-15-28-20)14-27-23(26)19-9-5-4-8-18(19)17-6-2-1-3-7-17/h1-12H,13-15H2,(H,24,25). The van der Waals surface area contributed by atoms with Gasteiger partial charge in [-0.15, -0.1) is 0 Å². The first-order valence-electron chi connectivity index (χ1n) is 9.17. The number of nitrogens with one attached hydrogen (secondary N) is 1. The van der Waals surface area contributed by atoms with Crippen LogP contribution in [0.3, 0.4) is 0 Å². The Morgan fingerprint density at radius 2 is 1.66 bits per heavy atom. The SMILES string of the molecule is O=C(COC(=O)c1ccccc1-c1ccccc1)NCc1ccc2c(c1)OCO2. The zero-order valence-electron chi connectivity index (χ0n) is 15.6. The van der Waals surface area contributed by atoms with Crippen LogP contribution in [0.1, 0.15) is 15.9 Å². The number of benzene rings is 3. The Balaban J connectivity index is 1.33. The lowest BCUT2D eigenvalue weighted by Crippen LogP contribution is -2.28. The second kappa shape index (κ2) is 8.48. The fourth-order valence-corrected chi connectivity index (χ4v) is 3.04. The molecule has 0 spiro atoms. The van der Waals surface area contributed by atoms with Gasteiger partial charge in [-0.05, 0) is 34.9 Å². The van der Waals surface area contributed by atoms with Gasteiger partial charge in [0.1, 0.15) is 0 Å². The van der Waals surface area contributed by atoms with Crippen LogP contribution in [-0.2, 0) is 16.1 Å². The largest absolute Gasteiger partial charge is 0.454 e. The number of rotatable bonds is 6. The van der Waals surface area contributed by atoms with Crippen LogP contribution >= 0.6 is 0 Å². The van der Waals surface area contributed by atoms with Gasteiger partial charge in [0.15, 0.2) is 18.1 Å². The van der Waals surface area contributed by atoms with Gasteiger partial charge in [-0.3, -0.25) is 4.79 Å². The Kier molecular flexibility index (Phi) is 5.42. The number of esters is 1. The minimum absolute atomic E-state index is 0.200. The Hall–Kier alpha value is -3.80. The lowest BCUT2D eigenvalue weighted by atomic mass is 10.00. The van der Waals surface area contributed by atoms with Crippen LogP contribution in [0.2, 0.25) is 0 Å². The molecular formula is C23H19NO5. The third-order valence-corrected chi connectivity index (χ3v) is 4.49. The molecular weight excluding hydrogens is 370 g/mol. The van der Waals surface area contributed by atoms with E-state index in [-0.39, 0.29) is 19.3 Å². The van der Waals surface area contributed by atoms with Gasteiger partial charge in [0.05, 0.1) is 5.56 Å². The van der Waals surface area contributed by atoms with Crippen molar-refractivity contribution < 1.29 is 23.8 Å². The number of hydrogen-bond donors (Lipinski definition) is 1. The van der Waals surface area contributed by atoms with E-state index in [1.807, 2.05) is 54.6 Å². The third-order valence-electron chi connectivity index (χ3n) is 4.49. The molecule has 29 heavy (non-hydrogen) atoms. The van der Waals surface area contributed by atoms with Crippen molar-refractivity contribution in [2.24, 2.45) is 0 Å². The minimum Gasteiger partial charge on any atom is -0.454 e. The summed E-state index contributed by atoms with van der Waals surface area (Å²) in [7, 11) is 0. The van der Waals surface area contributed by atoms with Gasteiger partial charge in [0, 0.05) is 6.54 Å². The highest BCUT2D eigenvalue weighted by atomic mass is 16.7. The number of hydrogen-bond acceptors (Lipinski definition) is 5. The highest BCUT2D eigenvalue weighted by Gasteiger charge is 2.16. The van der Waals surface area contributed by atoms with Crippen molar-refractivity contribution in [3.05, 3.63) is 83.9 Å². The zero-order valence-corrected chi connectivity index (χ0v) is 15.6. The first-order chi connectivity index (χ1) is 14.2. The molecule has 0 radical (unpaired) electrons. The van der Waals surface area contributed by atoms with E-state index in [1.54, 1.807) is 18.2 Å². The van der Waals surface area contributed by atoms with Crippen LogP contribution in [0.15, 0.2) is 72.8 Å². The van der Waals surface area contributed by atoms with Gasteiger partial charge in [-0.25, -0.2) is 4.79 Å². The van der Waals surface area contributed by atoms with Crippen molar-refractivity contribution in [2.75, 3.05) is 13.4 Å². The summed E-state index contributed by atoms with van der Waals surface area (Å²) in [6, 6.07) is 22.2. The minimum atomic E-state index is -0.539. The van der Waals surface area contributed by atoms with Crippen molar-refractivity contribution >= 4 is 11.9 Å². The summed E-state index contributed by atoms with van der Waals surface area (Å²) in [6.45, 7) is 0.145. The molecule has 3 aromatic rings. The Labute approximate surface area is 168 Å². The summed E-state index contributed by atoms with van der Waals surface area (Å²) in [5.41, 5.74) is 2.96. The molecule has 0 unspecified atom stereocenters. The quantitative estimate of drug-likeness (QED) is 0.653. The van der Waals surface area contributed by atoms with E-state index in [9.17, 15) is 9.59 Å². The van der Waals surface area contributed by atoms with E-state index < -0.39 is 5.97 Å². The Morgan fingerprint density at radius 1 is 0.897 bits per heavy atom. The fourth-order valence-electron chi connectivity index (χ4n) is 3.04. The van der Waals surface area contributed by atoms with E-state index in [4.69, 9.17) is 14.2 Å². The first kappa shape index (κ1) is 18.6. The number of ether oxygens (including phenoxy) is 3. The fraction of sp³-hybridized carbons (Fsp3) is 0.130. The van der Waals surface area contributed by atoms with Crippen LogP contribution < -0.4 is 14.8 Å². The molecule has 3 aromatic carbocycles. The molecule has 6 heteroatoms. The molecule has 0 saturated heterocycles. The Bertz CT molecular complexity index is 1030. The number of carbonyl (C=O) groups excluding carboxylic acids is 2. The van der Waals surface area contributed by atoms with Crippen LogP contribution in [-0.4, -0.2) is 25.3 Å². The van der Waals surface area contributed by atoms with Crippen molar-refractivity contribution in [2.45, 2.75) is 6.54 Å². The molecule has 0 fully saturated rings. The molecule has 4 rings (SSSR count). The van der Waals surface area contributed by atoms with Crippen LogP contribution in [0.4, 0.5) is 0 Å². The summed E-state index contributed by atoms with van der Waals surface area (Å²) in [5.74, 6) is 0.419. The van der Waals surface area contributed by atoms with Gasteiger partial charge in [-0.1, -0.05) is 54.6 Å². The van der Waals surface area contributed by atoms with E-state index in [1.165, 1.54) is 0 Å². The normalized spacial score (nSPS) is 11.7. The predicted molar refractivity (Wildman–Crippen MR) is 107 cm³/mol. The lowest BCUT2D eigenvalue weighted by molar-refractivity contribution is -0.124. The third kappa shape index (κ3) is 4.38. The number of carbonyl (C=O) groups is 2. The van der Waals surface area contributed by atoms with Gasteiger partial charge in [0.25, 0.3) is 5.91 Å². The maximum absolute atomic E-state index is 12.5. The average Bonchev–Trinajstić information content (AvgIpc) is 3.24. The topological polar surface area (TPSA) is 73.9 Å². The summed E-state index contributed by atoms with van der Waals surface area (Å²) >= 11 is 0. The van der Waals surface area contributed by atoms with Crippen molar-refractivity contribution in [1.29, 1.82) is 0 Å². The van der Waals surface area contributed by atoms with Crippen LogP contribution in [0.5, 0.6) is 11.5 Å². The summed E-state index contributed by atoms with van der Waals surface area (Å²) in [4.78, 5) is 24.6. The van der Waals surface area contributed by atoms with Crippen molar-refractivity contribution in [1.82, 2.24) is 5.32 Å². The predicted octanol–water partition coefficient (Wildman–Crippen LogP) is 3.56. The molecule has 0 atom stereocenters. The van der Waals surface area contributed by atoms with Gasteiger partial charge >= 0.3 is 5.97 Å². The second-order valence-corrected chi connectivity index (χ2v) is 6.45. The maximum Gasteiger partial charge on any atom is 0.339 e. The van der Waals surface area contributed by atoms with Gasteiger partial charge in [-0.2, -0.15) is 0 Å². The van der Waals surface area contributed by atoms with E-state index >= 15 is 0 Å². The smallest absolute Gasteiger partial charge is 0.339 e. The summed E-state index contributed by atoms with van der Waals surface area (Å²) < 4.78 is 15.8. The van der Waals surface area contributed by atoms with Gasteiger partial charge in [0.2, 0.25) is 6.79 Å². The van der Waals surface area contributed by atoms with Crippen LogP contribution in [0, 0.1) is 0 Å². The highest BCUT2D eigenvalue weighted by molar-refractivity contribution is 5.98. The maximum atomic E-state index is 12.5. The molecule has 0 aliphatic carbocycles. The van der Waals surface area contributed by atoms with Gasteiger partial charge < -0.3 is 19.5 Å². The molecule has 1 aliphatic rings. The molecule has 146 valence electrons. The monoisotopic (exact) mass is 389 g/mol. The molecule has 1 N–H and O–H groups in total. The molecule has 1 aliphatic heterocycles. The second-order valence-electron chi connectivity index (χ2n) is 6.45. The molecule has 0 saturated carbocycles. The molecule has 6 nitrogen and oxygen atoms in total. The number of fused-ring (bicyclic) bond motifs is 1. The number of amides is 1. The van der Waals surface area contributed by atoms with Crippen molar-refractivity contribution in [3.8, 4) is 22.6 Å². The van der Waals surface area contributed by atoms with E-state index in [0.717, 1.165) is 16.7 Å². The zero-order chi connectivity index (χ0) is 20.1. The first-order valence-corrected chi connectivity index (χ1v) is 9.17. The highest BCUT2D eigenvalue weighted by Crippen LogP contribution is 2.32. The molecule has 0 bridgehead atoms. The molecule has 0 aromatic heterocycles. The summed E-state index contributed by atoms with van der Waals surface area (Å²) in [5, 5.41) is 2.73. The average molecular weight is 389 g/mol.